The highest BCUT2D eigenvalue weighted by molar-refractivity contribution is 6.00. The number of fused-ring (bicyclic) bond motifs is 1. The third-order valence-corrected chi connectivity index (χ3v) is 6.07. The van der Waals surface area contributed by atoms with Crippen LogP contribution in [0.4, 0.5) is 0 Å². The van der Waals surface area contributed by atoms with Crippen molar-refractivity contribution in [2.75, 3.05) is 26.2 Å². The van der Waals surface area contributed by atoms with Gasteiger partial charge in [0.25, 0.3) is 0 Å². The number of likely N-dealkylation sites (N-methyl/N-ethyl adjacent to an activating group) is 1. The maximum absolute atomic E-state index is 6.01. The van der Waals surface area contributed by atoms with E-state index in [1.165, 1.54) is 33.4 Å². The first-order chi connectivity index (χ1) is 14.8. The molecule has 0 N–H and O–H groups in total. The van der Waals surface area contributed by atoms with E-state index in [2.05, 4.69) is 97.6 Å². The van der Waals surface area contributed by atoms with Gasteiger partial charge >= 0.3 is 0 Å². The monoisotopic (exact) mass is 433 g/mol. The summed E-state index contributed by atoms with van der Waals surface area (Å²) in [6, 6.07) is 28.3. The minimum Gasteiger partial charge on any atom is -0.492 e. The fourth-order valence-electron chi connectivity index (χ4n) is 4.34. The van der Waals surface area contributed by atoms with E-state index in [4.69, 9.17) is 4.74 Å². The van der Waals surface area contributed by atoms with Crippen molar-refractivity contribution in [3.63, 3.8) is 0 Å². The highest BCUT2D eigenvalue weighted by atomic mass is 35.5. The van der Waals surface area contributed by atoms with Crippen LogP contribution in [0.25, 0.3) is 11.1 Å². The number of hydrogen-bond donors (Lipinski definition) is 0. The Hall–Kier alpha value is -2.55. The number of ether oxygens (including phenoxy) is 1. The summed E-state index contributed by atoms with van der Waals surface area (Å²) in [5.74, 6) is 0.942. The van der Waals surface area contributed by atoms with Gasteiger partial charge in [-0.1, -0.05) is 80.6 Å². The number of hydrogen-bond acceptors (Lipinski definition) is 2. The molecule has 31 heavy (non-hydrogen) atoms. The van der Waals surface area contributed by atoms with E-state index in [0.29, 0.717) is 0 Å². The third-order valence-electron chi connectivity index (χ3n) is 6.07. The van der Waals surface area contributed by atoms with Gasteiger partial charge in [-0.2, -0.15) is 0 Å². The number of halogens is 1. The van der Waals surface area contributed by atoms with Gasteiger partial charge in [0.1, 0.15) is 12.4 Å². The van der Waals surface area contributed by atoms with Crippen molar-refractivity contribution < 1.29 is 4.74 Å². The molecule has 1 aliphatic carbocycles. The maximum atomic E-state index is 6.01. The van der Waals surface area contributed by atoms with Crippen molar-refractivity contribution in [2.24, 2.45) is 0 Å². The van der Waals surface area contributed by atoms with Crippen molar-refractivity contribution >= 4 is 23.6 Å². The van der Waals surface area contributed by atoms with Crippen LogP contribution in [-0.2, 0) is 6.42 Å². The molecule has 0 unspecified atom stereocenters. The van der Waals surface area contributed by atoms with E-state index < -0.39 is 0 Å². The Morgan fingerprint density at radius 3 is 2.13 bits per heavy atom. The lowest BCUT2D eigenvalue weighted by Crippen LogP contribution is -2.27. The molecule has 3 aromatic carbocycles. The van der Waals surface area contributed by atoms with E-state index in [1.54, 1.807) is 0 Å². The molecule has 0 aliphatic heterocycles. The second-order valence-corrected chi connectivity index (χ2v) is 7.78. The van der Waals surface area contributed by atoms with Crippen LogP contribution in [-0.4, -0.2) is 31.1 Å². The predicted octanol–water partition coefficient (Wildman–Crippen LogP) is 6.73. The molecule has 4 rings (SSSR count). The number of nitrogens with zero attached hydrogens (tertiary/aromatic N) is 1. The first-order valence-electron chi connectivity index (χ1n) is 11.1. The summed E-state index contributed by atoms with van der Waals surface area (Å²) >= 11 is 0. The number of benzene rings is 3. The van der Waals surface area contributed by atoms with Crippen LogP contribution in [0.2, 0.25) is 0 Å². The average molecular weight is 434 g/mol. The van der Waals surface area contributed by atoms with Gasteiger partial charge in [-0.15, -0.1) is 12.4 Å². The van der Waals surface area contributed by atoms with Crippen LogP contribution >= 0.6 is 12.4 Å². The molecule has 3 aromatic rings. The standard InChI is InChI=1S/C28H31NO.ClH/c1-3-29(4-2)20-21-30-25-17-14-24(15-18-25)28-26-13-9-8-12-23(26)16-19-27(28)22-10-6-5-7-11-22;/h5-15,17-18H,3-4,16,19-21H2,1-2H3;1H. The maximum Gasteiger partial charge on any atom is 0.119 e. The topological polar surface area (TPSA) is 12.5 Å². The summed E-state index contributed by atoms with van der Waals surface area (Å²) in [5.41, 5.74) is 8.17. The lowest BCUT2D eigenvalue weighted by atomic mass is 9.80. The zero-order chi connectivity index (χ0) is 20.8. The van der Waals surface area contributed by atoms with Gasteiger partial charge in [-0.25, -0.2) is 0 Å². The SMILES string of the molecule is CCN(CC)CCOc1ccc(C2=C(c3ccccc3)CCc3ccccc32)cc1.Cl. The molecule has 0 aromatic heterocycles. The van der Waals surface area contributed by atoms with E-state index in [-0.39, 0.29) is 12.4 Å². The highest BCUT2D eigenvalue weighted by Crippen LogP contribution is 2.40. The molecular weight excluding hydrogens is 402 g/mol. The fraction of sp³-hybridized carbons (Fsp3) is 0.286. The number of aryl methyl sites for hydroxylation is 1. The summed E-state index contributed by atoms with van der Waals surface area (Å²) < 4.78 is 6.01. The predicted molar refractivity (Wildman–Crippen MR) is 134 cm³/mol. The van der Waals surface area contributed by atoms with Crippen molar-refractivity contribution in [2.45, 2.75) is 26.7 Å². The van der Waals surface area contributed by atoms with Gasteiger partial charge in [0.15, 0.2) is 0 Å². The highest BCUT2D eigenvalue weighted by Gasteiger charge is 2.21. The van der Waals surface area contributed by atoms with Crippen LogP contribution in [0.15, 0.2) is 78.9 Å². The Bertz CT molecular complexity index is 991. The van der Waals surface area contributed by atoms with Crippen molar-refractivity contribution in [3.05, 3.63) is 101 Å². The summed E-state index contributed by atoms with van der Waals surface area (Å²) in [4.78, 5) is 2.38. The zero-order valence-corrected chi connectivity index (χ0v) is 19.3. The molecule has 0 saturated carbocycles. The number of allylic oxidation sites excluding steroid dienone is 1. The molecule has 0 saturated heterocycles. The molecule has 162 valence electrons. The first-order valence-corrected chi connectivity index (χ1v) is 11.1. The summed E-state index contributed by atoms with van der Waals surface area (Å²) in [6.07, 6.45) is 2.16. The summed E-state index contributed by atoms with van der Waals surface area (Å²) in [6.45, 7) is 8.20. The van der Waals surface area contributed by atoms with Crippen LogP contribution in [0.3, 0.4) is 0 Å². The Balaban J connectivity index is 0.00000272. The van der Waals surface area contributed by atoms with Gasteiger partial charge in [0.05, 0.1) is 0 Å². The van der Waals surface area contributed by atoms with Gasteiger partial charge in [-0.3, -0.25) is 0 Å². The summed E-state index contributed by atoms with van der Waals surface area (Å²) in [7, 11) is 0. The second-order valence-electron chi connectivity index (χ2n) is 7.78. The Kier molecular flexibility index (Phi) is 8.34. The zero-order valence-electron chi connectivity index (χ0n) is 18.5. The van der Waals surface area contributed by atoms with Gasteiger partial charge in [-0.05, 0) is 71.5 Å². The van der Waals surface area contributed by atoms with E-state index in [9.17, 15) is 0 Å². The van der Waals surface area contributed by atoms with Crippen LogP contribution in [0.5, 0.6) is 5.75 Å². The summed E-state index contributed by atoms with van der Waals surface area (Å²) in [5, 5.41) is 0. The van der Waals surface area contributed by atoms with Crippen LogP contribution in [0, 0.1) is 0 Å². The molecule has 0 spiro atoms. The molecule has 0 heterocycles. The Morgan fingerprint density at radius 2 is 1.42 bits per heavy atom. The van der Waals surface area contributed by atoms with Crippen molar-refractivity contribution in [1.29, 1.82) is 0 Å². The molecular formula is C28H32ClNO. The lowest BCUT2D eigenvalue weighted by Gasteiger charge is -2.24. The van der Waals surface area contributed by atoms with Gasteiger partial charge in [0, 0.05) is 6.54 Å². The Morgan fingerprint density at radius 1 is 0.742 bits per heavy atom. The smallest absolute Gasteiger partial charge is 0.119 e. The van der Waals surface area contributed by atoms with E-state index >= 15 is 0 Å². The normalized spacial score (nSPS) is 13.0. The molecule has 1 aliphatic rings. The van der Waals surface area contributed by atoms with Crippen molar-refractivity contribution in [1.82, 2.24) is 4.90 Å². The third kappa shape index (κ3) is 5.39. The van der Waals surface area contributed by atoms with E-state index in [0.717, 1.165) is 44.8 Å². The van der Waals surface area contributed by atoms with E-state index in [1.807, 2.05) is 0 Å². The minimum atomic E-state index is 0. The lowest BCUT2D eigenvalue weighted by molar-refractivity contribution is 0.223. The molecule has 0 radical (unpaired) electrons. The largest absolute Gasteiger partial charge is 0.492 e. The molecule has 2 nitrogen and oxygen atoms in total. The first kappa shape index (κ1) is 23.1. The number of rotatable bonds is 8. The molecule has 0 bridgehead atoms. The molecule has 3 heteroatoms. The van der Waals surface area contributed by atoms with Crippen molar-refractivity contribution in [3.8, 4) is 5.75 Å². The fourth-order valence-corrected chi connectivity index (χ4v) is 4.34. The second kappa shape index (κ2) is 11.2. The average Bonchev–Trinajstić information content (AvgIpc) is 2.82. The molecule has 0 fully saturated rings. The minimum absolute atomic E-state index is 0. The quantitative estimate of drug-likeness (QED) is 0.390. The van der Waals surface area contributed by atoms with Gasteiger partial charge in [0.2, 0.25) is 0 Å². The Labute approximate surface area is 193 Å². The van der Waals surface area contributed by atoms with Gasteiger partial charge < -0.3 is 9.64 Å². The van der Waals surface area contributed by atoms with Crippen LogP contribution < -0.4 is 4.74 Å². The van der Waals surface area contributed by atoms with Crippen LogP contribution in [0.1, 0.15) is 42.5 Å². The molecule has 0 atom stereocenters. The molecule has 0 amide bonds.